The summed E-state index contributed by atoms with van der Waals surface area (Å²) in [5.41, 5.74) is 0. The molecular formula is C11H17N3O. The fourth-order valence-electron chi connectivity index (χ4n) is 2.55. The predicted octanol–water partition coefficient (Wildman–Crippen LogP) is 0.597. The number of nitriles is 1. The Bertz CT molecular complexity index is 278. The molecule has 0 aromatic carbocycles. The van der Waals surface area contributed by atoms with E-state index in [0.717, 1.165) is 19.5 Å². The zero-order valence-corrected chi connectivity index (χ0v) is 8.98. The highest BCUT2D eigenvalue weighted by molar-refractivity contribution is 5.78. The molecule has 2 fully saturated rings. The molecule has 82 valence electrons. The fourth-order valence-corrected chi connectivity index (χ4v) is 2.55. The normalized spacial score (nSPS) is 26.9. The van der Waals surface area contributed by atoms with E-state index in [0.29, 0.717) is 6.04 Å². The van der Waals surface area contributed by atoms with Crippen molar-refractivity contribution >= 4 is 5.91 Å². The first-order chi connectivity index (χ1) is 7.31. The minimum Gasteiger partial charge on any atom is -0.340 e. The second-order valence-electron chi connectivity index (χ2n) is 4.36. The van der Waals surface area contributed by atoms with Gasteiger partial charge in [0.15, 0.2) is 0 Å². The summed E-state index contributed by atoms with van der Waals surface area (Å²) in [4.78, 5) is 15.8. The number of nitrogens with zero attached hydrogens (tertiary/aromatic N) is 3. The third-order valence-corrected chi connectivity index (χ3v) is 3.40. The highest BCUT2D eigenvalue weighted by Crippen LogP contribution is 2.20. The summed E-state index contributed by atoms with van der Waals surface area (Å²) in [5, 5.41) is 8.47. The Kier molecular flexibility index (Phi) is 3.22. The number of likely N-dealkylation sites (tertiary alicyclic amines) is 2. The zero-order chi connectivity index (χ0) is 10.7. The Morgan fingerprint density at radius 3 is 2.73 bits per heavy atom. The summed E-state index contributed by atoms with van der Waals surface area (Å²) in [6.45, 7) is 4.04. The van der Waals surface area contributed by atoms with Crippen molar-refractivity contribution < 1.29 is 4.79 Å². The standard InChI is InChI=1S/C11H17N3O/c12-5-3-11(15)14-8-4-10(9-14)13-6-1-2-7-13/h10H,1-4,6-9H2. The SMILES string of the molecule is N#CCC(=O)N1CCC(N2CCCC2)C1. The van der Waals surface area contributed by atoms with E-state index in [9.17, 15) is 4.79 Å². The number of amides is 1. The van der Waals surface area contributed by atoms with E-state index < -0.39 is 0 Å². The van der Waals surface area contributed by atoms with Crippen molar-refractivity contribution in [3.05, 3.63) is 0 Å². The molecule has 2 aliphatic rings. The maximum atomic E-state index is 11.5. The molecule has 2 heterocycles. The quantitative estimate of drug-likeness (QED) is 0.666. The first-order valence-corrected chi connectivity index (χ1v) is 5.70. The Morgan fingerprint density at radius 1 is 1.33 bits per heavy atom. The molecule has 4 heteroatoms. The van der Waals surface area contributed by atoms with Crippen LogP contribution >= 0.6 is 0 Å². The van der Waals surface area contributed by atoms with Crippen molar-refractivity contribution in [1.82, 2.24) is 9.80 Å². The first kappa shape index (κ1) is 10.4. The van der Waals surface area contributed by atoms with Crippen molar-refractivity contribution in [2.24, 2.45) is 0 Å². The monoisotopic (exact) mass is 207 g/mol. The van der Waals surface area contributed by atoms with Crippen LogP contribution in [0.2, 0.25) is 0 Å². The van der Waals surface area contributed by atoms with E-state index in [1.54, 1.807) is 0 Å². The third kappa shape index (κ3) is 2.29. The van der Waals surface area contributed by atoms with Gasteiger partial charge in [0.1, 0.15) is 6.42 Å². The van der Waals surface area contributed by atoms with Gasteiger partial charge in [-0.1, -0.05) is 0 Å². The van der Waals surface area contributed by atoms with Gasteiger partial charge in [-0.05, 0) is 32.4 Å². The highest BCUT2D eigenvalue weighted by atomic mass is 16.2. The second kappa shape index (κ2) is 4.63. The van der Waals surface area contributed by atoms with Crippen LogP contribution in [0.4, 0.5) is 0 Å². The van der Waals surface area contributed by atoms with Crippen LogP contribution in [0.25, 0.3) is 0 Å². The van der Waals surface area contributed by atoms with Crippen molar-refractivity contribution in [3.8, 4) is 6.07 Å². The summed E-state index contributed by atoms with van der Waals surface area (Å²) < 4.78 is 0. The van der Waals surface area contributed by atoms with Gasteiger partial charge in [-0.25, -0.2) is 0 Å². The lowest BCUT2D eigenvalue weighted by Crippen LogP contribution is -2.36. The van der Waals surface area contributed by atoms with Gasteiger partial charge in [0.05, 0.1) is 6.07 Å². The number of rotatable bonds is 2. The molecule has 2 rings (SSSR count). The minimum absolute atomic E-state index is 0.000744. The predicted molar refractivity (Wildman–Crippen MR) is 56.0 cm³/mol. The Balaban J connectivity index is 1.84. The van der Waals surface area contributed by atoms with Crippen molar-refractivity contribution in [3.63, 3.8) is 0 Å². The molecule has 0 radical (unpaired) electrons. The molecule has 2 saturated heterocycles. The fraction of sp³-hybridized carbons (Fsp3) is 0.818. The van der Waals surface area contributed by atoms with E-state index in [1.165, 1.54) is 25.9 Å². The van der Waals surface area contributed by atoms with Crippen LogP contribution < -0.4 is 0 Å². The number of carbonyl (C=O) groups is 1. The van der Waals surface area contributed by atoms with E-state index in [-0.39, 0.29) is 12.3 Å². The second-order valence-corrected chi connectivity index (χ2v) is 4.36. The lowest BCUT2D eigenvalue weighted by molar-refractivity contribution is -0.129. The molecule has 0 saturated carbocycles. The first-order valence-electron chi connectivity index (χ1n) is 5.70. The maximum Gasteiger partial charge on any atom is 0.236 e. The third-order valence-electron chi connectivity index (χ3n) is 3.40. The molecule has 1 unspecified atom stereocenters. The van der Waals surface area contributed by atoms with Gasteiger partial charge in [-0.3, -0.25) is 9.69 Å². The van der Waals surface area contributed by atoms with Crippen LogP contribution in [0.1, 0.15) is 25.7 Å². The van der Waals surface area contributed by atoms with Crippen LogP contribution in [0, 0.1) is 11.3 Å². The molecule has 15 heavy (non-hydrogen) atoms. The molecule has 1 amide bonds. The van der Waals surface area contributed by atoms with Gasteiger partial charge >= 0.3 is 0 Å². The molecule has 0 aromatic heterocycles. The summed E-state index contributed by atoms with van der Waals surface area (Å²) in [7, 11) is 0. The lowest BCUT2D eigenvalue weighted by Gasteiger charge is -2.23. The Labute approximate surface area is 90.5 Å². The van der Waals surface area contributed by atoms with Crippen molar-refractivity contribution in [1.29, 1.82) is 5.26 Å². The van der Waals surface area contributed by atoms with Gasteiger partial charge in [0.2, 0.25) is 5.91 Å². The average Bonchev–Trinajstić information content (AvgIpc) is 2.89. The van der Waals surface area contributed by atoms with E-state index >= 15 is 0 Å². The van der Waals surface area contributed by atoms with E-state index in [2.05, 4.69) is 4.90 Å². The largest absolute Gasteiger partial charge is 0.340 e. The van der Waals surface area contributed by atoms with Gasteiger partial charge in [0, 0.05) is 19.1 Å². The van der Waals surface area contributed by atoms with Crippen molar-refractivity contribution in [2.75, 3.05) is 26.2 Å². The molecule has 4 nitrogen and oxygen atoms in total. The van der Waals surface area contributed by atoms with Gasteiger partial charge in [-0.2, -0.15) is 5.26 Å². The molecule has 0 aliphatic carbocycles. The zero-order valence-electron chi connectivity index (χ0n) is 8.98. The number of carbonyl (C=O) groups excluding carboxylic acids is 1. The topological polar surface area (TPSA) is 47.3 Å². The minimum atomic E-state index is -0.000744. The van der Waals surface area contributed by atoms with Gasteiger partial charge in [-0.15, -0.1) is 0 Å². The summed E-state index contributed by atoms with van der Waals surface area (Å²) in [6, 6.07) is 2.47. The summed E-state index contributed by atoms with van der Waals surface area (Å²) in [5.74, 6) is -0.000744. The molecule has 0 aromatic rings. The number of hydrogen-bond acceptors (Lipinski definition) is 3. The molecule has 2 aliphatic heterocycles. The van der Waals surface area contributed by atoms with Crippen LogP contribution in [0.15, 0.2) is 0 Å². The molecule has 0 spiro atoms. The summed E-state index contributed by atoms with van der Waals surface area (Å²) >= 11 is 0. The molecule has 0 bridgehead atoms. The average molecular weight is 207 g/mol. The molecule has 1 atom stereocenters. The van der Waals surface area contributed by atoms with E-state index in [4.69, 9.17) is 5.26 Å². The van der Waals surface area contributed by atoms with E-state index in [1.807, 2.05) is 11.0 Å². The molecule has 0 N–H and O–H groups in total. The van der Waals surface area contributed by atoms with Gasteiger partial charge in [0.25, 0.3) is 0 Å². The van der Waals surface area contributed by atoms with Crippen LogP contribution in [-0.4, -0.2) is 47.9 Å². The van der Waals surface area contributed by atoms with Gasteiger partial charge < -0.3 is 4.90 Å². The van der Waals surface area contributed by atoms with Crippen LogP contribution in [0.3, 0.4) is 0 Å². The Morgan fingerprint density at radius 2 is 2.07 bits per heavy atom. The summed E-state index contributed by atoms with van der Waals surface area (Å²) in [6.07, 6.45) is 3.70. The van der Waals surface area contributed by atoms with Crippen molar-refractivity contribution in [2.45, 2.75) is 31.7 Å². The highest BCUT2D eigenvalue weighted by Gasteiger charge is 2.31. The van der Waals surface area contributed by atoms with Crippen LogP contribution in [-0.2, 0) is 4.79 Å². The lowest BCUT2D eigenvalue weighted by atomic mass is 10.2. The smallest absolute Gasteiger partial charge is 0.236 e. The van der Waals surface area contributed by atoms with Crippen LogP contribution in [0.5, 0.6) is 0 Å². The number of hydrogen-bond donors (Lipinski definition) is 0. The maximum absolute atomic E-state index is 11.5. The Hall–Kier alpha value is -1.08. The molecular weight excluding hydrogens is 190 g/mol.